The van der Waals surface area contributed by atoms with E-state index in [-0.39, 0.29) is 4.90 Å². The standard InChI is InChI=1S/C14H16N4O2S2/c1-3-13-16-7-10(21-13)9-18(2)22(19,20)12-8-17-14-11(12)5-4-6-15-14/h4-8H,3,9H2,1-2H3,(H,15,17). The van der Waals surface area contributed by atoms with Crippen molar-refractivity contribution in [3.05, 3.63) is 40.6 Å². The van der Waals surface area contributed by atoms with E-state index in [9.17, 15) is 8.42 Å². The van der Waals surface area contributed by atoms with Crippen LogP contribution in [0.5, 0.6) is 0 Å². The maximum atomic E-state index is 12.8. The van der Waals surface area contributed by atoms with Crippen molar-refractivity contribution in [2.45, 2.75) is 24.8 Å². The Morgan fingerprint density at radius 2 is 2.18 bits per heavy atom. The van der Waals surface area contributed by atoms with Gasteiger partial charge in [-0.1, -0.05) is 6.92 Å². The topological polar surface area (TPSA) is 79.0 Å². The van der Waals surface area contributed by atoms with Crippen LogP contribution in [-0.4, -0.2) is 34.7 Å². The molecule has 3 aromatic heterocycles. The lowest BCUT2D eigenvalue weighted by atomic mass is 10.3. The second-order valence-corrected chi connectivity index (χ2v) is 8.10. The van der Waals surface area contributed by atoms with Crippen molar-refractivity contribution in [1.29, 1.82) is 0 Å². The Labute approximate surface area is 132 Å². The van der Waals surface area contributed by atoms with Gasteiger partial charge in [-0.05, 0) is 18.6 Å². The minimum atomic E-state index is -3.58. The van der Waals surface area contributed by atoms with Crippen LogP contribution in [0.25, 0.3) is 11.0 Å². The zero-order valence-electron chi connectivity index (χ0n) is 12.3. The summed E-state index contributed by atoms with van der Waals surface area (Å²) >= 11 is 1.54. The van der Waals surface area contributed by atoms with Crippen molar-refractivity contribution in [2.75, 3.05) is 7.05 Å². The average molecular weight is 336 g/mol. The summed E-state index contributed by atoms with van der Waals surface area (Å²) in [4.78, 5) is 12.5. The number of pyridine rings is 1. The summed E-state index contributed by atoms with van der Waals surface area (Å²) in [6.45, 7) is 2.34. The van der Waals surface area contributed by atoms with Crippen LogP contribution >= 0.6 is 11.3 Å². The van der Waals surface area contributed by atoms with E-state index >= 15 is 0 Å². The summed E-state index contributed by atoms with van der Waals surface area (Å²) in [6.07, 6.45) is 5.72. The third-order valence-corrected chi connectivity index (χ3v) is 6.35. The van der Waals surface area contributed by atoms with Gasteiger partial charge in [0, 0.05) is 42.4 Å². The second kappa shape index (κ2) is 5.79. The molecule has 0 aromatic carbocycles. The molecule has 3 heterocycles. The minimum absolute atomic E-state index is 0.248. The molecule has 6 nitrogen and oxygen atoms in total. The molecule has 3 aromatic rings. The molecule has 0 aliphatic carbocycles. The van der Waals surface area contributed by atoms with Crippen molar-refractivity contribution in [3.63, 3.8) is 0 Å². The molecule has 0 spiro atoms. The van der Waals surface area contributed by atoms with Gasteiger partial charge >= 0.3 is 0 Å². The van der Waals surface area contributed by atoms with E-state index in [1.165, 1.54) is 10.5 Å². The first-order valence-electron chi connectivity index (χ1n) is 6.84. The maximum Gasteiger partial charge on any atom is 0.245 e. The van der Waals surface area contributed by atoms with Gasteiger partial charge < -0.3 is 4.98 Å². The van der Waals surface area contributed by atoms with E-state index in [0.717, 1.165) is 16.3 Å². The predicted molar refractivity (Wildman–Crippen MR) is 86.2 cm³/mol. The number of fused-ring (bicyclic) bond motifs is 1. The van der Waals surface area contributed by atoms with Gasteiger partial charge in [-0.25, -0.2) is 18.4 Å². The normalized spacial score (nSPS) is 12.3. The second-order valence-electron chi connectivity index (χ2n) is 4.89. The van der Waals surface area contributed by atoms with Gasteiger partial charge in [0.15, 0.2) is 0 Å². The summed E-state index contributed by atoms with van der Waals surface area (Å²) in [5.74, 6) is 0. The van der Waals surface area contributed by atoms with Gasteiger partial charge in [0.1, 0.15) is 10.5 Å². The average Bonchev–Trinajstić information content (AvgIpc) is 3.13. The first-order chi connectivity index (χ1) is 10.5. The predicted octanol–water partition coefficient (Wildman–Crippen LogP) is 2.40. The molecule has 0 amide bonds. The van der Waals surface area contributed by atoms with Crippen molar-refractivity contribution in [3.8, 4) is 0 Å². The number of hydrogen-bond acceptors (Lipinski definition) is 5. The van der Waals surface area contributed by atoms with Gasteiger partial charge in [0.05, 0.1) is 5.01 Å². The third kappa shape index (κ3) is 2.65. The Morgan fingerprint density at radius 3 is 2.91 bits per heavy atom. The highest BCUT2D eigenvalue weighted by Crippen LogP contribution is 2.25. The highest BCUT2D eigenvalue weighted by molar-refractivity contribution is 7.89. The lowest BCUT2D eigenvalue weighted by Gasteiger charge is -2.15. The molecule has 0 saturated heterocycles. The Balaban J connectivity index is 1.91. The van der Waals surface area contributed by atoms with E-state index < -0.39 is 10.0 Å². The number of nitrogens with zero attached hydrogens (tertiary/aromatic N) is 3. The quantitative estimate of drug-likeness (QED) is 0.776. The number of thiazole rings is 1. The molecule has 0 radical (unpaired) electrons. The molecular weight excluding hydrogens is 320 g/mol. The van der Waals surface area contributed by atoms with E-state index in [1.807, 2.05) is 6.92 Å². The number of aromatic amines is 1. The summed E-state index contributed by atoms with van der Waals surface area (Å²) in [5.41, 5.74) is 0.570. The Morgan fingerprint density at radius 1 is 1.36 bits per heavy atom. The van der Waals surface area contributed by atoms with E-state index in [2.05, 4.69) is 15.0 Å². The molecule has 0 unspecified atom stereocenters. The van der Waals surface area contributed by atoms with Crippen molar-refractivity contribution >= 4 is 32.4 Å². The summed E-state index contributed by atoms with van der Waals surface area (Å²) in [6, 6.07) is 3.48. The third-order valence-electron chi connectivity index (χ3n) is 3.38. The largest absolute Gasteiger partial charge is 0.345 e. The molecule has 0 saturated carbocycles. The summed E-state index contributed by atoms with van der Waals surface area (Å²) in [7, 11) is -2.00. The highest BCUT2D eigenvalue weighted by atomic mass is 32.2. The number of rotatable bonds is 5. The first kappa shape index (κ1) is 15.1. The van der Waals surface area contributed by atoms with Gasteiger partial charge in [0.2, 0.25) is 10.0 Å². The molecule has 1 N–H and O–H groups in total. The van der Waals surface area contributed by atoms with Crippen molar-refractivity contribution in [1.82, 2.24) is 19.3 Å². The molecule has 116 valence electrons. The number of nitrogens with one attached hydrogen (secondary N) is 1. The fourth-order valence-electron chi connectivity index (χ4n) is 2.20. The molecule has 8 heteroatoms. The number of hydrogen-bond donors (Lipinski definition) is 1. The smallest absolute Gasteiger partial charge is 0.245 e. The van der Waals surface area contributed by atoms with Crippen LogP contribution in [0.3, 0.4) is 0 Å². The van der Waals surface area contributed by atoms with E-state index in [0.29, 0.717) is 17.6 Å². The van der Waals surface area contributed by atoms with Crippen LogP contribution in [-0.2, 0) is 23.0 Å². The maximum absolute atomic E-state index is 12.8. The van der Waals surface area contributed by atoms with Crippen LogP contribution in [0.15, 0.2) is 35.6 Å². The zero-order chi connectivity index (χ0) is 15.7. The number of aryl methyl sites for hydroxylation is 1. The van der Waals surface area contributed by atoms with E-state index in [1.54, 1.807) is 42.9 Å². The Kier molecular flexibility index (Phi) is 3.98. The van der Waals surface area contributed by atoms with Gasteiger partial charge in [-0.2, -0.15) is 4.31 Å². The molecule has 0 fully saturated rings. The molecular formula is C14H16N4O2S2. The molecule has 0 bridgehead atoms. The lowest BCUT2D eigenvalue weighted by Crippen LogP contribution is -2.26. The van der Waals surface area contributed by atoms with Crippen molar-refractivity contribution in [2.24, 2.45) is 0 Å². The van der Waals surface area contributed by atoms with Crippen LogP contribution in [0.1, 0.15) is 16.8 Å². The van der Waals surface area contributed by atoms with Gasteiger partial charge in [0.25, 0.3) is 0 Å². The zero-order valence-corrected chi connectivity index (χ0v) is 13.9. The van der Waals surface area contributed by atoms with Gasteiger partial charge in [-0.3, -0.25) is 0 Å². The van der Waals surface area contributed by atoms with Crippen LogP contribution in [0, 0.1) is 0 Å². The number of H-pyrrole nitrogens is 1. The highest BCUT2D eigenvalue weighted by Gasteiger charge is 2.25. The molecule has 22 heavy (non-hydrogen) atoms. The van der Waals surface area contributed by atoms with Crippen LogP contribution in [0.2, 0.25) is 0 Å². The molecule has 0 aliphatic heterocycles. The summed E-state index contributed by atoms with van der Waals surface area (Å²) < 4.78 is 26.8. The first-order valence-corrected chi connectivity index (χ1v) is 9.10. The lowest BCUT2D eigenvalue weighted by molar-refractivity contribution is 0.470. The monoisotopic (exact) mass is 336 g/mol. The number of sulfonamides is 1. The molecule has 0 atom stereocenters. The Hall–Kier alpha value is -1.77. The minimum Gasteiger partial charge on any atom is -0.345 e. The number of aromatic nitrogens is 3. The summed E-state index contributed by atoms with van der Waals surface area (Å²) in [5, 5.41) is 1.62. The van der Waals surface area contributed by atoms with Crippen LogP contribution in [0.4, 0.5) is 0 Å². The van der Waals surface area contributed by atoms with Crippen molar-refractivity contribution < 1.29 is 8.42 Å². The van der Waals surface area contributed by atoms with E-state index in [4.69, 9.17) is 0 Å². The van der Waals surface area contributed by atoms with Gasteiger partial charge in [-0.15, -0.1) is 11.3 Å². The Bertz CT molecular complexity index is 898. The molecule has 3 rings (SSSR count). The van der Waals surface area contributed by atoms with Crippen LogP contribution < -0.4 is 0 Å². The fourth-order valence-corrected chi connectivity index (χ4v) is 4.49. The molecule has 0 aliphatic rings. The fraction of sp³-hybridized carbons (Fsp3) is 0.286. The SMILES string of the molecule is CCc1ncc(CN(C)S(=O)(=O)c2c[nH]c3ncccc23)s1.